The number of nitrogens with zero attached hydrogens (tertiary/aromatic N) is 1. The van der Waals surface area contributed by atoms with Crippen LogP contribution in [0.15, 0.2) is 42.5 Å². The maximum Gasteiger partial charge on any atom is 0.239 e. The molecule has 1 heterocycles. The van der Waals surface area contributed by atoms with Crippen molar-refractivity contribution in [3.05, 3.63) is 64.2 Å². The zero-order valence-electron chi connectivity index (χ0n) is 12.4. The van der Waals surface area contributed by atoms with Gasteiger partial charge in [-0.25, -0.2) is 8.42 Å². The van der Waals surface area contributed by atoms with Crippen LogP contribution in [0.25, 0.3) is 0 Å². The van der Waals surface area contributed by atoms with E-state index in [1.807, 2.05) is 31.2 Å². The monoisotopic (exact) mass is 335 g/mol. The molecular weight excluding hydrogens is 318 g/mol. The van der Waals surface area contributed by atoms with Crippen LogP contribution in [0.1, 0.15) is 23.1 Å². The number of anilines is 1. The normalized spacial score (nSPS) is 14.7. The molecule has 0 amide bonds. The molecule has 0 aliphatic carbocycles. The second-order valence-electron chi connectivity index (χ2n) is 5.66. The smallest absolute Gasteiger partial charge is 0.239 e. The minimum absolute atomic E-state index is 0.0694. The summed E-state index contributed by atoms with van der Waals surface area (Å²) in [6, 6.07) is 13.1. The molecule has 1 aliphatic rings. The van der Waals surface area contributed by atoms with Crippen molar-refractivity contribution in [2.24, 2.45) is 0 Å². The van der Waals surface area contributed by atoms with Crippen LogP contribution in [0.5, 0.6) is 0 Å². The minimum Gasteiger partial charge on any atom is -0.270 e. The van der Waals surface area contributed by atoms with Crippen LogP contribution in [0, 0.1) is 6.92 Å². The Morgan fingerprint density at radius 2 is 1.95 bits per heavy atom. The molecule has 0 spiro atoms. The lowest BCUT2D eigenvalue weighted by atomic mass is 10.0. The van der Waals surface area contributed by atoms with Gasteiger partial charge in [-0.3, -0.25) is 4.31 Å². The molecule has 2 aromatic rings. The van der Waals surface area contributed by atoms with Crippen molar-refractivity contribution in [1.29, 1.82) is 0 Å². The summed E-state index contributed by atoms with van der Waals surface area (Å²) in [7, 11) is -3.44. The van der Waals surface area contributed by atoms with Gasteiger partial charge in [0.2, 0.25) is 10.0 Å². The van der Waals surface area contributed by atoms with Gasteiger partial charge in [-0.2, -0.15) is 0 Å². The second-order valence-corrected chi connectivity index (χ2v) is 7.96. The van der Waals surface area contributed by atoms with Crippen molar-refractivity contribution in [2.75, 3.05) is 10.8 Å². The predicted molar refractivity (Wildman–Crippen MR) is 90.9 cm³/mol. The van der Waals surface area contributed by atoms with E-state index in [1.165, 1.54) is 0 Å². The number of halogens is 1. The van der Waals surface area contributed by atoms with Crippen LogP contribution < -0.4 is 4.31 Å². The summed E-state index contributed by atoms with van der Waals surface area (Å²) in [5.74, 6) is -0.0694. The van der Waals surface area contributed by atoms with Gasteiger partial charge in [0.25, 0.3) is 0 Å². The Balaban J connectivity index is 1.98. The number of aryl methyl sites for hydroxylation is 2. The van der Waals surface area contributed by atoms with Crippen LogP contribution in [0.4, 0.5) is 5.69 Å². The van der Waals surface area contributed by atoms with Crippen molar-refractivity contribution < 1.29 is 8.42 Å². The highest BCUT2D eigenvalue weighted by Gasteiger charge is 2.28. The molecule has 0 atom stereocenters. The minimum atomic E-state index is -3.44. The predicted octanol–water partition coefficient (Wildman–Crippen LogP) is 3.93. The number of rotatable bonds is 3. The largest absolute Gasteiger partial charge is 0.270 e. The second kappa shape index (κ2) is 5.94. The molecule has 22 heavy (non-hydrogen) atoms. The first-order valence-corrected chi connectivity index (χ1v) is 9.29. The fraction of sp³-hybridized carbons (Fsp3) is 0.294. The van der Waals surface area contributed by atoms with Gasteiger partial charge in [0.05, 0.1) is 11.4 Å². The Morgan fingerprint density at radius 1 is 1.18 bits per heavy atom. The topological polar surface area (TPSA) is 37.4 Å². The molecule has 0 aromatic heterocycles. The Morgan fingerprint density at radius 3 is 2.73 bits per heavy atom. The van der Waals surface area contributed by atoms with E-state index in [2.05, 4.69) is 0 Å². The summed E-state index contributed by atoms with van der Waals surface area (Å²) in [6.07, 6.45) is 1.77. The Labute approximate surface area is 136 Å². The number of sulfonamides is 1. The van der Waals surface area contributed by atoms with Crippen LogP contribution in [0.3, 0.4) is 0 Å². The fourth-order valence-electron chi connectivity index (χ4n) is 2.83. The number of benzene rings is 2. The fourth-order valence-corrected chi connectivity index (χ4v) is 4.79. The molecule has 3 nitrogen and oxygen atoms in total. The third-order valence-electron chi connectivity index (χ3n) is 3.95. The average Bonchev–Trinajstić information content (AvgIpc) is 2.48. The number of hydrogen-bond donors (Lipinski definition) is 0. The van der Waals surface area contributed by atoms with Gasteiger partial charge in [0.1, 0.15) is 0 Å². The van der Waals surface area contributed by atoms with Gasteiger partial charge < -0.3 is 0 Å². The van der Waals surface area contributed by atoms with Crippen molar-refractivity contribution in [3.63, 3.8) is 0 Å². The van der Waals surface area contributed by atoms with E-state index in [1.54, 1.807) is 22.5 Å². The maximum atomic E-state index is 12.8. The summed E-state index contributed by atoms with van der Waals surface area (Å²) in [4.78, 5) is 0. The summed E-state index contributed by atoms with van der Waals surface area (Å²) in [5, 5.41) is 0.493. The molecule has 0 fully saturated rings. The van der Waals surface area contributed by atoms with Crippen LogP contribution in [0.2, 0.25) is 5.02 Å². The summed E-state index contributed by atoms with van der Waals surface area (Å²) in [6.45, 7) is 2.51. The quantitative estimate of drug-likeness (QED) is 0.852. The Kier molecular flexibility index (Phi) is 4.15. The van der Waals surface area contributed by atoms with E-state index in [9.17, 15) is 8.42 Å². The van der Waals surface area contributed by atoms with Crippen molar-refractivity contribution in [3.8, 4) is 0 Å². The van der Waals surface area contributed by atoms with Crippen molar-refractivity contribution in [2.45, 2.75) is 25.5 Å². The molecule has 0 saturated heterocycles. The third-order valence-corrected chi connectivity index (χ3v) is 6.04. The molecule has 0 radical (unpaired) electrons. The zero-order valence-corrected chi connectivity index (χ0v) is 14.0. The molecule has 2 aromatic carbocycles. The lowest BCUT2D eigenvalue weighted by Gasteiger charge is -2.31. The number of hydrogen-bond acceptors (Lipinski definition) is 2. The van der Waals surface area contributed by atoms with Gasteiger partial charge >= 0.3 is 0 Å². The lowest BCUT2D eigenvalue weighted by Crippen LogP contribution is -2.36. The van der Waals surface area contributed by atoms with Crippen LogP contribution in [-0.4, -0.2) is 15.0 Å². The maximum absolute atomic E-state index is 12.8. The van der Waals surface area contributed by atoms with Crippen LogP contribution in [-0.2, 0) is 22.2 Å². The highest BCUT2D eigenvalue weighted by atomic mass is 35.5. The SMILES string of the molecule is Cc1ccc2c(c1)N(S(=O)(=O)Cc1ccccc1Cl)CCC2. The number of fused-ring (bicyclic) bond motifs is 1. The summed E-state index contributed by atoms with van der Waals surface area (Å²) in [5.41, 5.74) is 3.63. The van der Waals surface area contributed by atoms with E-state index < -0.39 is 10.0 Å². The molecule has 0 bridgehead atoms. The zero-order chi connectivity index (χ0) is 15.7. The summed E-state index contributed by atoms with van der Waals surface area (Å²) >= 11 is 6.11. The van der Waals surface area contributed by atoms with E-state index in [4.69, 9.17) is 11.6 Å². The lowest BCUT2D eigenvalue weighted by molar-refractivity contribution is 0.585. The van der Waals surface area contributed by atoms with E-state index in [0.29, 0.717) is 17.1 Å². The highest BCUT2D eigenvalue weighted by molar-refractivity contribution is 7.92. The van der Waals surface area contributed by atoms with E-state index >= 15 is 0 Å². The van der Waals surface area contributed by atoms with Gasteiger partial charge in [0.15, 0.2) is 0 Å². The Hall–Kier alpha value is -1.52. The third kappa shape index (κ3) is 2.99. The van der Waals surface area contributed by atoms with Crippen molar-refractivity contribution in [1.82, 2.24) is 0 Å². The molecule has 0 unspecified atom stereocenters. The summed E-state index contributed by atoms with van der Waals surface area (Å²) < 4.78 is 27.2. The van der Waals surface area contributed by atoms with Crippen LogP contribution >= 0.6 is 11.6 Å². The molecule has 0 N–H and O–H groups in total. The van der Waals surface area contributed by atoms with Gasteiger partial charge in [-0.05, 0) is 48.6 Å². The molecule has 5 heteroatoms. The molecule has 3 rings (SSSR count). The van der Waals surface area contributed by atoms with Gasteiger partial charge in [0, 0.05) is 11.6 Å². The first-order chi connectivity index (χ1) is 10.5. The van der Waals surface area contributed by atoms with E-state index in [-0.39, 0.29) is 5.75 Å². The van der Waals surface area contributed by atoms with Gasteiger partial charge in [-0.15, -0.1) is 0 Å². The average molecular weight is 336 g/mol. The molecule has 0 saturated carbocycles. The highest BCUT2D eigenvalue weighted by Crippen LogP contribution is 2.32. The standard InChI is InChI=1S/C17H18ClNO2S/c1-13-8-9-14-6-4-10-19(17(14)11-13)22(20,21)12-15-5-2-3-7-16(15)18/h2-3,5,7-9,11H,4,6,10,12H2,1H3. The first-order valence-electron chi connectivity index (χ1n) is 7.31. The molecule has 1 aliphatic heterocycles. The first kappa shape index (κ1) is 15.4. The Bertz CT molecular complexity index is 802. The van der Waals surface area contributed by atoms with E-state index in [0.717, 1.165) is 29.7 Å². The molecular formula is C17H18ClNO2S. The van der Waals surface area contributed by atoms with Gasteiger partial charge in [-0.1, -0.05) is 41.9 Å². The van der Waals surface area contributed by atoms with Crippen molar-refractivity contribution >= 4 is 27.3 Å². The molecule has 116 valence electrons.